The van der Waals surface area contributed by atoms with E-state index in [0.29, 0.717) is 5.92 Å². The van der Waals surface area contributed by atoms with E-state index in [1.165, 1.54) is 48.8 Å². The van der Waals surface area contributed by atoms with Crippen LogP contribution in [0.25, 0.3) is 0 Å². The summed E-state index contributed by atoms with van der Waals surface area (Å²) in [6.45, 7) is 4.44. The molecule has 0 saturated heterocycles. The van der Waals surface area contributed by atoms with E-state index in [1.54, 1.807) is 0 Å². The van der Waals surface area contributed by atoms with Crippen LogP contribution in [0.3, 0.4) is 0 Å². The molecule has 23 heavy (non-hydrogen) atoms. The van der Waals surface area contributed by atoms with E-state index in [-0.39, 0.29) is 0 Å². The third-order valence-electron chi connectivity index (χ3n) is 5.38. The molecule has 0 aliphatic heterocycles. The molecule has 1 aliphatic rings. The highest BCUT2D eigenvalue weighted by molar-refractivity contribution is 5.22. The predicted octanol–water partition coefficient (Wildman–Crippen LogP) is 5.25. The van der Waals surface area contributed by atoms with E-state index >= 15 is 0 Å². The summed E-state index contributed by atoms with van der Waals surface area (Å²) in [5, 5.41) is 0. The standard InChI is InChI=1S/C21H28N2/c1-3-17-8-11-19(12-9-17)20-14-22-21(23-15-20)13-10-18-6-4-16(2)5-7-18/h4-7,14-15,17,19H,3,8-13H2,1-2H3. The minimum Gasteiger partial charge on any atom is -0.241 e. The Hall–Kier alpha value is -1.70. The van der Waals surface area contributed by atoms with Crippen molar-refractivity contribution in [3.8, 4) is 0 Å². The summed E-state index contributed by atoms with van der Waals surface area (Å²) >= 11 is 0. The Morgan fingerprint density at radius 1 is 0.913 bits per heavy atom. The zero-order valence-corrected chi connectivity index (χ0v) is 14.5. The van der Waals surface area contributed by atoms with E-state index in [2.05, 4.69) is 60.5 Å². The molecule has 3 rings (SSSR count). The van der Waals surface area contributed by atoms with Crippen LogP contribution in [0.2, 0.25) is 0 Å². The van der Waals surface area contributed by atoms with Gasteiger partial charge in [-0.15, -0.1) is 0 Å². The quantitative estimate of drug-likeness (QED) is 0.753. The number of hydrogen-bond donors (Lipinski definition) is 0. The van der Waals surface area contributed by atoms with Crippen molar-refractivity contribution in [3.05, 3.63) is 59.2 Å². The molecule has 2 heteroatoms. The van der Waals surface area contributed by atoms with Crippen LogP contribution in [0.4, 0.5) is 0 Å². The molecule has 1 saturated carbocycles. The molecule has 1 aliphatic carbocycles. The first-order chi connectivity index (χ1) is 11.2. The average Bonchev–Trinajstić information content (AvgIpc) is 2.62. The second-order valence-electron chi connectivity index (χ2n) is 7.04. The van der Waals surface area contributed by atoms with Crippen LogP contribution in [-0.4, -0.2) is 9.97 Å². The third kappa shape index (κ3) is 4.40. The first kappa shape index (κ1) is 16.2. The zero-order chi connectivity index (χ0) is 16.1. The fraction of sp³-hybridized carbons (Fsp3) is 0.524. The fourth-order valence-corrected chi connectivity index (χ4v) is 3.62. The molecule has 1 heterocycles. The van der Waals surface area contributed by atoms with Crippen LogP contribution in [-0.2, 0) is 12.8 Å². The van der Waals surface area contributed by atoms with Crippen molar-refractivity contribution in [3.63, 3.8) is 0 Å². The Balaban J connectivity index is 1.54. The molecule has 0 amide bonds. The number of aromatic nitrogens is 2. The van der Waals surface area contributed by atoms with Crippen LogP contribution in [0.1, 0.15) is 67.5 Å². The molecule has 2 aromatic rings. The van der Waals surface area contributed by atoms with Gasteiger partial charge in [-0.1, -0.05) is 43.2 Å². The highest BCUT2D eigenvalue weighted by Crippen LogP contribution is 2.36. The van der Waals surface area contributed by atoms with Crippen molar-refractivity contribution in [1.82, 2.24) is 9.97 Å². The fourth-order valence-electron chi connectivity index (χ4n) is 3.62. The van der Waals surface area contributed by atoms with Crippen molar-refractivity contribution in [2.45, 2.75) is 64.7 Å². The maximum absolute atomic E-state index is 4.61. The maximum atomic E-state index is 4.61. The van der Waals surface area contributed by atoms with E-state index in [0.717, 1.165) is 24.6 Å². The zero-order valence-electron chi connectivity index (χ0n) is 14.5. The minimum absolute atomic E-state index is 0.684. The lowest BCUT2D eigenvalue weighted by atomic mass is 9.78. The van der Waals surface area contributed by atoms with E-state index in [4.69, 9.17) is 0 Å². The molecule has 0 N–H and O–H groups in total. The maximum Gasteiger partial charge on any atom is 0.128 e. The highest BCUT2D eigenvalue weighted by atomic mass is 14.9. The summed E-state index contributed by atoms with van der Waals surface area (Å²) in [6.07, 6.45) is 12.8. The summed E-state index contributed by atoms with van der Waals surface area (Å²) in [7, 11) is 0. The number of rotatable bonds is 5. The normalized spacial score (nSPS) is 21.3. The van der Waals surface area contributed by atoms with Gasteiger partial charge in [0.15, 0.2) is 0 Å². The van der Waals surface area contributed by atoms with Gasteiger partial charge in [0.25, 0.3) is 0 Å². The first-order valence-corrected chi connectivity index (χ1v) is 9.11. The molecular formula is C21H28N2. The van der Waals surface area contributed by atoms with Crippen LogP contribution in [0.15, 0.2) is 36.7 Å². The van der Waals surface area contributed by atoms with Crippen molar-refractivity contribution in [2.24, 2.45) is 5.92 Å². The molecule has 1 aromatic carbocycles. The molecule has 0 unspecified atom stereocenters. The van der Waals surface area contributed by atoms with Gasteiger partial charge in [0.05, 0.1) is 0 Å². The number of hydrogen-bond acceptors (Lipinski definition) is 2. The van der Waals surface area contributed by atoms with Gasteiger partial charge in [-0.3, -0.25) is 0 Å². The van der Waals surface area contributed by atoms with Crippen LogP contribution < -0.4 is 0 Å². The van der Waals surface area contributed by atoms with Gasteiger partial charge in [-0.05, 0) is 62.0 Å². The van der Waals surface area contributed by atoms with Gasteiger partial charge in [0.1, 0.15) is 5.82 Å². The van der Waals surface area contributed by atoms with Crippen molar-refractivity contribution in [2.75, 3.05) is 0 Å². The lowest BCUT2D eigenvalue weighted by Crippen LogP contribution is -2.13. The Bertz CT molecular complexity index is 593. The minimum atomic E-state index is 0.684. The number of nitrogens with zero attached hydrogens (tertiary/aromatic N) is 2. The SMILES string of the molecule is CCC1CCC(c2cnc(CCc3ccc(C)cc3)nc2)CC1. The summed E-state index contributed by atoms with van der Waals surface area (Å²) in [5.41, 5.74) is 4.02. The first-order valence-electron chi connectivity index (χ1n) is 9.11. The van der Waals surface area contributed by atoms with Crippen LogP contribution >= 0.6 is 0 Å². The molecule has 1 fully saturated rings. The van der Waals surface area contributed by atoms with Gasteiger partial charge in [-0.25, -0.2) is 9.97 Å². The topological polar surface area (TPSA) is 25.8 Å². The second kappa shape index (κ2) is 7.72. The monoisotopic (exact) mass is 308 g/mol. The largest absolute Gasteiger partial charge is 0.241 e. The van der Waals surface area contributed by atoms with Gasteiger partial charge < -0.3 is 0 Å². The van der Waals surface area contributed by atoms with E-state index in [9.17, 15) is 0 Å². The van der Waals surface area contributed by atoms with E-state index < -0.39 is 0 Å². The lowest BCUT2D eigenvalue weighted by Gasteiger charge is -2.27. The molecular weight excluding hydrogens is 280 g/mol. The molecule has 0 bridgehead atoms. The van der Waals surface area contributed by atoms with E-state index in [1.807, 2.05) is 0 Å². The van der Waals surface area contributed by atoms with Crippen molar-refractivity contribution in [1.29, 1.82) is 0 Å². The summed E-state index contributed by atoms with van der Waals surface area (Å²) in [6, 6.07) is 8.75. The second-order valence-corrected chi connectivity index (χ2v) is 7.04. The van der Waals surface area contributed by atoms with Gasteiger partial charge in [-0.2, -0.15) is 0 Å². The smallest absolute Gasteiger partial charge is 0.128 e. The highest BCUT2D eigenvalue weighted by Gasteiger charge is 2.21. The lowest BCUT2D eigenvalue weighted by molar-refractivity contribution is 0.318. The van der Waals surface area contributed by atoms with Gasteiger partial charge >= 0.3 is 0 Å². The molecule has 2 nitrogen and oxygen atoms in total. The number of benzene rings is 1. The molecule has 0 radical (unpaired) electrons. The Morgan fingerprint density at radius 3 is 2.17 bits per heavy atom. The number of aryl methyl sites for hydroxylation is 3. The Labute approximate surface area is 140 Å². The molecule has 122 valence electrons. The predicted molar refractivity (Wildman–Crippen MR) is 95.6 cm³/mol. The van der Waals surface area contributed by atoms with Gasteiger partial charge in [0, 0.05) is 18.8 Å². The average molecular weight is 308 g/mol. The Kier molecular flexibility index (Phi) is 5.43. The summed E-state index contributed by atoms with van der Waals surface area (Å²) < 4.78 is 0. The molecule has 0 spiro atoms. The molecule has 0 atom stereocenters. The summed E-state index contributed by atoms with van der Waals surface area (Å²) in [5.74, 6) is 2.60. The summed E-state index contributed by atoms with van der Waals surface area (Å²) in [4.78, 5) is 9.23. The Morgan fingerprint density at radius 2 is 1.57 bits per heavy atom. The van der Waals surface area contributed by atoms with Crippen molar-refractivity contribution < 1.29 is 0 Å². The van der Waals surface area contributed by atoms with Crippen molar-refractivity contribution >= 4 is 0 Å². The molecule has 1 aromatic heterocycles. The van der Waals surface area contributed by atoms with Crippen LogP contribution in [0, 0.1) is 12.8 Å². The third-order valence-corrected chi connectivity index (χ3v) is 5.38. The van der Waals surface area contributed by atoms with Crippen LogP contribution in [0.5, 0.6) is 0 Å². The van der Waals surface area contributed by atoms with Gasteiger partial charge in [0.2, 0.25) is 0 Å².